The third-order valence-corrected chi connectivity index (χ3v) is 11.4. The summed E-state index contributed by atoms with van der Waals surface area (Å²) in [6.45, 7) is 0. The average molecular weight is 683 g/mol. The first-order valence-electron chi connectivity index (χ1n) is 18.8. The maximum atomic E-state index is 2.41. The number of hydrogen-bond acceptors (Lipinski definition) is 0. The molecule has 0 fully saturated rings. The van der Waals surface area contributed by atoms with Crippen molar-refractivity contribution in [2.75, 3.05) is 0 Å². The van der Waals surface area contributed by atoms with E-state index in [1.54, 1.807) is 0 Å². The van der Waals surface area contributed by atoms with Crippen LogP contribution in [-0.4, -0.2) is 0 Å². The van der Waals surface area contributed by atoms with Crippen molar-refractivity contribution in [3.63, 3.8) is 0 Å². The van der Waals surface area contributed by atoms with Gasteiger partial charge >= 0.3 is 0 Å². The molecular formula is C54H34. The van der Waals surface area contributed by atoms with Gasteiger partial charge in [0, 0.05) is 0 Å². The molecule has 0 unspecified atom stereocenters. The molecule has 10 aromatic rings. The Hall–Kier alpha value is -7.02. The van der Waals surface area contributed by atoms with Crippen molar-refractivity contribution >= 4 is 32.3 Å². The fraction of sp³-hybridized carbons (Fsp3) is 0. The molecule has 0 N–H and O–H groups in total. The normalized spacial score (nSPS) is 11.7. The first kappa shape index (κ1) is 30.6. The van der Waals surface area contributed by atoms with Gasteiger partial charge in [0.2, 0.25) is 0 Å². The summed E-state index contributed by atoms with van der Waals surface area (Å²) in [4.78, 5) is 0. The van der Waals surface area contributed by atoms with Gasteiger partial charge in [-0.2, -0.15) is 0 Å². The molecule has 0 saturated heterocycles. The summed E-state index contributed by atoms with van der Waals surface area (Å²) in [5, 5.41) is 7.59. The Bertz CT molecular complexity index is 3040. The fourth-order valence-electron chi connectivity index (χ4n) is 9.07. The lowest BCUT2D eigenvalue weighted by Gasteiger charge is -2.23. The van der Waals surface area contributed by atoms with Crippen LogP contribution in [0.2, 0.25) is 0 Å². The summed E-state index contributed by atoms with van der Waals surface area (Å²) in [7, 11) is 0. The minimum atomic E-state index is 1.20. The van der Waals surface area contributed by atoms with Gasteiger partial charge in [-0.15, -0.1) is 0 Å². The summed E-state index contributed by atoms with van der Waals surface area (Å²) in [6, 6.07) is 76.2. The Morgan fingerprint density at radius 3 is 1.13 bits per heavy atom. The van der Waals surface area contributed by atoms with Crippen molar-refractivity contribution in [3.8, 4) is 77.9 Å². The summed E-state index contributed by atoms with van der Waals surface area (Å²) in [5.41, 5.74) is 17.6. The van der Waals surface area contributed by atoms with E-state index in [2.05, 4.69) is 206 Å². The molecule has 0 atom stereocenters. The van der Waals surface area contributed by atoms with Crippen LogP contribution in [0.25, 0.3) is 110 Å². The molecule has 0 heteroatoms. The maximum Gasteiger partial charge on any atom is -0.00201 e. The van der Waals surface area contributed by atoms with Crippen molar-refractivity contribution in [1.82, 2.24) is 0 Å². The Balaban J connectivity index is 1.13. The van der Waals surface area contributed by atoms with Crippen molar-refractivity contribution < 1.29 is 0 Å². The predicted molar refractivity (Wildman–Crippen MR) is 231 cm³/mol. The Morgan fingerprint density at radius 1 is 0.185 bits per heavy atom. The third-order valence-electron chi connectivity index (χ3n) is 11.4. The minimum Gasteiger partial charge on any atom is -0.0616 e. The molecule has 54 heavy (non-hydrogen) atoms. The summed E-state index contributed by atoms with van der Waals surface area (Å²) in [6.07, 6.45) is 0. The smallest absolute Gasteiger partial charge is 0.00201 e. The van der Waals surface area contributed by atoms with Crippen LogP contribution in [0.5, 0.6) is 0 Å². The maximum absolute atomic E-state index is 2.41. The van der Waals surface area contributed by atoms with Crippen molar-refractivity contribution in [1.29, 1.82) is 0 Å². The van der Waals surface area contributed by atoms with E-state index >= 15 is 0 Å². The van der Waals surface area contributed by atoms with Gasteiger partial charge in [0.15, 0.2) is 0 Å². The highest BCUT2D eigenvalue weighted by molar-refractivity contribution is 6.23. The van der Waals surface area contributed by atoms with Crippen LogP contribution in [0.1, 0.15) is 0 Å². The van der Waals surface area contributed by atoms with Gasteiger partial charge in [0.05, 0.1) is 0 Å². The first-order valence-corrected chi connectivity index (χ1v) is 18.8. The quantitative estimate of drug-likeness (QED) is 0.163. The third kappa shape index (κ3) is 4.71. The molecule has 0 heterocycles. The zero-order chi connectivity index (χ0) is 35.6. The van der Waals surface area contributed by atoms with E-state index in [9.17, 15) is 0 Å². The van der Waals surface area contributed by atoms with E-state index < -0.39 is 0 Å². The van der Waals surface area contributed by atoms with Crippen LogP contribution in [-0.2, 0) is 0 Å². The highest BCUT2D eigenvalue weighted by Gasteiger charge is 2.23. The molecule has 11 rings (SSSR count). The standard InChI is InChI=1S/C54H34/c1-2-19-39-35(15-1)16-14-30-47(39)54-50-28-11-9-26-48(50)53(49-27-10-12-29-51(49)54)38-18-13-17-36(33-38)37-31-32-46-44-24-6-5-22-42(44)40-20-3-4-21-41(40)43-23-7-8-25-45(43)52(46)34-37/h1-34H. The summed E-state index contributed by atoms with van der Waals surface area (Å²) < 4.78 is 0. The van der Waals surface area contributed by atoms with Crippen molar-refractivity contribution in [2.24, 2.45) is 0 Å². The van der Waals surface area contributed by atoms with Crippen molar-refractivity contribution in [2.45, 2.75) is 0 Å². The van der Waals surface area contributed by atoms with Crippen molar-refractivity contribution in [3.05, 3.63) is 206 Å². The van der Waals surface area contributed by atoms with E-state index in [0.29, 0.717) is 0 Å². The van der Waals surface area contributed by atoms with Gasteiger partial charge < -0.3 is 0 Å². The average Bonchev–Trinajstić information content (AvgIpc) is 3.25. The van der Waals surface area contributed by atoms with Gasteiger partial charge in [0.25, 0.3) is 0 Å². The van der Waals surface area contributed by atoms with E-state index in [1.807, 2.05) is 0 Å². The lowest BCUT2D eigenvalue weighted by molar-refractivity contribution is 1.51. The van der Waals surface area contributed by atoms with Gasteiger partial charge in [0.1, 0.15) is 0 Å². The van der Waals surface area contributed by atoms with E-state index in [-0.39, 0.29) is 0 Å². The van der Waals surface area contributed by atoms with E-state index in [0.717, 1.165) is 0 Å². The minimum absolute atomic E-state index is 1.20. The lowest BCUT2D eigenvalue weighted by atomic mass is 9.80. The van der Waals surface area contributed by atoms with Crippen LogP contribution in [0.3, 0.4) is 0 Å². The highest BCUT2D eigenvalue weighted by atomic mass is 14.3. The number of rotatable bonds is 3. The number of fused-ring (bicyclic) bond motifs is 11. The number of hydrogen-bond donors (Lipinski definition) is 0. The van der Waals surface area contributed by atoms with Crippen LogP contribution in [0.4, 0.5) is 0 Å². The van der Waals surface area contributed by atoms with E-state index in [1.165, 1.54) is 110 Å². The van der Waals surface area contributed by atoms with Crippen LogP contribution in [0, 0.1) is 0 Å². The molecule has 10 aromatic carbocycles. The summed E-state index contributed by atoms with van der Waals surface area (Å²) in [5.74, 6) is 0. The first-order chi connectivity index (χ1) is 26.8. The van der Waals surface area contributed by atoms with Gasteiger partial charge in [-0.05, 0) is 122 Å². The Kier molecular flexibility index (Phi) is 6.97. The molecule has 250 valence electrons. The van der Waals surface area contributed by atoms with Crippen LogP contribution in [0.15, 0.2) is 206 Å². The zero-order valence-corrected chi connectivity index (χ0v) is 29.6. The second-order valence-electron chi connectivity index (χ2n) is 14.3. The second kappa shape index (κ2) is 12.3. The summed E-state index contributed by atoms with van der Waals surface area (Å²) >= 11 is 0. The molecule has 0 nitrogen and oxygen atoms in total. The predicted octanol–water partition coefficient (Wildman–Crippen LogP) is 15.1. The highest BCUT2D eigenvalue weighted by Crippen LogP contribution is 2.49. The molecule has 0 spiro atoms. The molecule has 0 radical (unpaired) electrons. The Morgan fingerprint density at radius 2 is 0.556 bits per heavy atom. The second-order valence-corrected chi connectivity index (χ2v) is 14.3. The monoisotopic (exact) mass is 682 g/mol. The molecule has 0 bridgehead atoms. The van der Waals surface area contributed by atoms with Crippen LogP contribution < -0.4 is 0 Å². The lowest BCUT2D eigenvalue weighted by Crippen LogP contribution is -1.97. The Labute approximate surface area is 315 Å². The SMILES string of the molecule is c1cc(-c2ccc3c(c2)-c2ccccc2-c2ccccc2-c2ccccc2-3)cc(-c2c3ccccc3c(-c3cccc4ccccc34)c3ccccc23)c1. The molecule has 0 amide bonds. The van der Waals surface area contributed by atoms with Gasteiger partial charge in [-0.25, -0.2) is 0 Å². The molecule has 1 aliphatic rings. The molecule has 1 aliphatic carbocycles. The van der Waals surface area contributed by atoms with Gasteiger partial charge in [-0.1, -0.05) is 194 Å². The van der Waals surface area contributed by atoms with E-state index in [4.69, 9.17) is 0 Å². The number of benzene rings is 10. The van der Waals surface area contributed by atoms with Crippen LogP contribution >= 0.6 is 0 Å². The largest absolute Gasteiger partial charge is 0.0616 e. The molecule has 0 aromatic heterocycles. The fourth-order valence-corrected chi connectivity index (χ4v) is 9.07. The zero-order valence-electron chi connectivity index (χ0n) is 29.6. The molecule has 0 aliphatic heterocycles. The molecule has 0 saturated carbocycles. The topological polar surface area (TPSA) is 0 Å². The van der Waals surface area contributed by atoms with Gasteiger partial charge in [-0.3, -0.25) is 0 Å². The molecular weight excluding hydrogens is 649 g/mol.